The number of halogens is 2. The molecule has 0 saturated heterocycles. The Morgan fingerprint density at radius 3 is 2.35 bits per heavy atom. The van der Waals surface area contributed by atoms with Crippen LogP contribution >= 0.6 is 0 Å². The van der Waals surface area contributed by atoms with Crippen molar-refractivity contribution in [3.8, 4) is 0 Å². The molecule has 0 aromatic heterocycles. The molecule has 0 bridgehead atoms. The molecule has 2 rings (SSSR count). The molecule has 0 aliphatic carbocycles. The van der Waals surface area contributed by atoms with Crippen molar-refractivity contribution >= 4 is 11.6 Å². The summed E-state index contributed by atoms with van der Waals surface area (Å²) in [6, 6.07) is 10.9. The van der Waals surface area contributed by atoms with Gasteiger partial charge in [0.05, 0.1) is 0 Å². The molecular weight excluding hydrogens is 262 g/mol. The molecule has 0 aliphatic heterocycles. The number of carbonyl (C=O) groups excluding carboxylic acids is 1. The lowest BCUT2D eigenvalue weighted by molar-refractivity contribution is 0.0987. The highest BCUT2D eigenvalue weighted by molar-refractivity contribution is 6.06. The lowest BCUT2D eigenvalue weighted by Gasteiger charge is -2.22. The van der Waals surface area contributed by atoms with Gasteiger partial charge in [-0.1, -0.05) is 6.07 Å². The maximum Gasteiger partial charge on any atom is 0.258 e. The van der Waals surface area contributed by atoms with E-state index >= 15 is 0 Å². The molecule has 0 radical (unpaired) electrons. The van der Waals surface area contributed by atoms with E-state index in [0.717, 1.165) is 0 Å². The van der Waals surface area contributed by atoms with Crippen molar-refractivity contribution in [2.24, 2.45) is 5.73 Å². The molecule has 0 spiro atoms. The molecule has 3 nitrogen and oxygen atoms in total. The normalized spacial score (nSPS) is 10.3. The van der Waals surface area contributed by atoms with Crippen LogP contribution in [0.2, 0.25) is 0 Å². The maximum atomic E-state index is 13.3. The minimum Gasteiger partial charge on any atom is -0.329 e. The van der Waals surface area contributed by atoms with Gasteiger partial charge in [0.2, 0.25) is 0 Å². The maximum absolute atomic E-state index is 13.3. The fraction of sp³-hybridized carbons (Fsp3) is 0.133. The third-order valence-electron chi connectivity index (χ3n) is 2.81. The van der Waals surface area contributed by atoms with Gasteiger partial charge in [-0.3, -0.25) is 4.79 Å². The zero-order chi connectivity index (χ0) is 14.5. The van der Waals surface area contributed by atoms with Crippen LogP contribution in [0.1, 0.15) is 10.4 Å². The van der Waals surface area contributed by atoms with Crippen molar-refractivity contribution in [2.75, 3.05) is 18.0 Å². The Morgan fingerprint density at radius 1 is 1.05 bits per heavy atom. The van der Waals surface area contributed by atoms with Gasteiger partial charge in [0.15, 0.2) is 0 Å². The van der Waals surface area contributed by atoms with Crippen molar-refractivity contribution in [1.29, 1.82) is 0 Å². The highest BCUT2D eigenvalue weighted by Crippen LogP contribution is 2.18. The van der Waals surface area contributed by atoms with E-state index in [4.69, 9.17) is 5.73 Å². The van der Waals surface area contributed by atoms with Crippen molar-refractivity contribution in [1.82, 2.24) is 0 Å². The average molecular weight is 276 g/mol. The molecule has 104 valence electrons. The second-order valence-corrected chi connectivity index (χ2v) is 4.23. The number of rotatable bonds is 4. The van der Waals surface area contributed by atoms with Crippen LogP contribution in [-0.2, 0) is 0 Å². The van der Waals surface area contributed by atoms with Crippen LogP contribution in [0.25, 0.3) is 0 Å². The quantitative estimate of drug-likeness (QED) is 0.933. The van der Waals surface area contributed by atoms with E-state index in [1.165, 1.54) is 47.4 Å². The first-order valence-electron chi connectivity index (χ1n) is 6.15. The zero-order valence-electron chi connectivity index (χ0n) is 10.7. The molecule has 0 aliphatic rings. The third-order valence-corrected chi connectivity index (χ3v) is 2.81. The molecular formula is C15H14F2N2O. The van der Waals surface area contributed by atoms with Gasteiger partial charge in [-0.25, -0.2) is 8.78 Å². The van der Waals surface area contributed by atoms with Crippen molar-refractivity contribution < 1.29 is 13.6 Å². The summed E-state index contributed by atoms with van der Waals surface area (Å²) in [6.07, 6.45) is 0. The van der Waals surface area contributed by atoms with E-state index in [9.17, 15) is 13.6 Å². The summed E-state index contributed by atoms with van der Waals surface area (Å²) in [4.78, 5) is 13.8. The fourth-order valence-corrected chi connectivity index (χ4v) is 1.87. The largest absolute Gasteiger partial charge is 0.329 e. The SMILES string of the molecule is NCCN(C(=O)c1ccc(F)cc1)c1cccc(F)c1. The topological polar surface area (TPSA) is 46.3 Å². The molecule has 0 heterocycles. The molecule has 5 heteroatoms. The molecule has 0 atom stereocenters. The molecule has 2 aromatic rings. The fourth-order valence-electron chi connectivity index (χ4n) is 1.87. The van der Waals surface area contributed by atoms with Gasteiger partial charge >= 0.3 is 0 Å². The van der Waals surface area contributed by atoms with Gasteiger partial charge in [0.1, 0.15) is 11.6 Å². The van der Waals surface area contributed by atoms with Gasteiger partial charge in [-0.2, -0.15) is 0 Å². The lowest BCUT2D eigenvalue weighted by atomic mass is 10.1. The van der Waals surface area contributed by atoms with Gasteiger partial charge in [0, 0.05) is 24.3 Å². The number of nitrogens with two attached hydrogens (primary N) is 1. The van der Waals surface area contributed by atoms with Crippen molar-refractivity contribution in [2.45, 2.75) is 0 Å². The predicted octanol–water partition coefficient (Wildman–Crippen LogP) is 2.57. The number of carbonyl (C=O) groups is 1. The monoisotopic (exact) mass is 276 g/mol. The minimum absolute atomic E-state index is 0.240. The van der Waals surface area contributed by atoms with Gasteiger partial charge in [-0.15, -0.1) is 0 Å². The van der Waals surface area contributed by atoms with Crippen LogP contribution in [0, 0.1) is 11.6 Å². The number of anilines is 1. The number of hydrogen-bond acceptors (Lipinski definition) is 2. The number of amides is 1. The molecule has 0 unspecified atom stereocenters. The summed E-state index contributed by atoms with van der Waals surface area (Å²) in [5, 5.41) is 0. The summed E-state index contributed by atoms with van der Waals surface area (Å²) in [7, 11) is 0. The molecule has 1 amide bonds. The van der Waals surface area contributed by atoms with E-state index in [2.05, 4.69) is 0 Å². The Bertz CT molecular complexity index is 599. The Balaban J connectivity index is 2.33. The van der Waals surface area contributed by atoms with E-state index in [-0.39, 0.29) is 19.0 Å². The first-order chi connectivity index (χ1) is 9.61. The number of nitrogens with zero attached hydrogens (tertiary/aromatic N) is 1. The highest BCUT2D eigenvalue weighted by Gasteiger charge is 2.17. The second kappa shape index (κ2) is 6.25. The highest BCUT2D eigenvalue weighted by atomic mass is 19.1. The van der Waals surface area contributed by atoms with Crippen LogP contribution in [0.15, 0.2) is 48.5 Å². The van der Waals surface area contributed by atoms with E-state index in [1.807, 2.05) is 0 Å². The van der Waals surface area contributed by atoms with Crippen molar-refractivity contribution in [3.05, 3.63) is 65.7 Å². The molecule has 20 heavy (non-hydrogen) atoms. The summed E-state index contributed by atoms with van der Waals surface area (Å²) >= 11 is 0. The van der Waals surface area contributed by atoms with Gasteiger partial charge in [-0.05, 0) is 42.5 Å². The smallest absolute Gasteiger partial charge is 0.258 e. The van der Waals surface area contributed by atoms with Crippen LogP contribution in [0.5, 0.6) is 0 Å². The average Bonchev–Trinajstić information content (AvgIpc) is 2.45. The van der Waals surface area contributed by atoms with Crippen LogP contribution in [-0.4, -0.2) is 19.0 Å². The third kappa shape index (κ3) is 3.19. The Morgan fingerprint density at radius 2 is 1.75 bits per heavy atom. The lowest BCUT2D eigenvalue weighted by Crippen LogP contribution is -2.35. The predicted molar refractivity (Wildman–Crippen MR) is 73.5 cm³/mol. The zero-order valence-corrected chi connectivity index (χ0v) is 10.7. The summed E-state index contributed by atoms with van der Waals surface area (Å²) < 4.78 is 26.1. The first-order valence-corrected chi connectivity index (χ1v) is 6.15. The number of benzene rings is 2. The van der Waals surface area contributed by atoms with Crippen molar-refractivity contribution in [3.63, 3.8) is 0 Å². The summed E-state index contributed by atoms with van der Waals surface area (Å²) in [5.41, 5.74) is 6.24. The van der Waals surface area contributed by atoms with E-state index < -0.39 is 11.6 Å². The molecule has 0 fully saturated rings. The van der Waals surface area contributed by atoms with Crippen LogP contribution in [0.3, 0.4) is 0 Å². The van der Waals surface area contributed by atoms with Gasteiger partial charge < -0.3 is 10.6 Å². The minimum atomic E-state index is -0.434. The van der Waals surface area contributed by atoms with Gasteiger partial charge in [0.25, 0.3) is 5.91 Å². The second-order valence-electron chi connectivity index (χ2n) is 4.23. The molecule has 0 saturated carbocycles. The molecule has 2 N–H and O–H groups in total. The van der Waals surface area contributed by atoms with Crippen LogP contribution < -0.4 is 10.6 Å². The first kappa shape index (κ1) is 14.1. The Labute approximate surface area is 115 Å². The summed E-state index contributed by atoms with van der Waals surface area (Å²) in [6.45, 7) is 0.489. The Kier molecular flexibility index (Phi) is 4.42. The standard InChI is InChI=1S/C15H14F2N2O/c16-12-6-4-11(5-7-12)15(20)19(9-8-18)14-3-1-2-13(17)10-14/h1-7,10H,8-9,18H2. The Hall–Kier alpha value is -2.27. The van der Waals surface area contributed by atoms with E-state index in [0.29, 0.717) is 11.3 Å². The summed E-state index contributed by atoms with van der Waals surface area (Å²) in [5.74, 6) is -1.20. The van der Waals surface area contributed by atoms with E-state index in [1.54, 1.807) is 6.07 Å². The van der Waals surface area contributed by atoms with Crippen LogP contribution in [0.4, 0.5) is 14.5 Å². The number of hydrogen-bond donors (Lipinski definition) is 1. The molecule has 2 aromatic carbocycles.